The van der Waals surface area contributed by atoms with Crippen molar-refractivity contribution in [1.29, 1.82) is 0 Å². The molecule has 5 rings (SSSR count). The van der Waals surface area contributed by atoms with Gasteiger partial charge in [0.2, 0.25) is 0 Å². The summed E-state index contributed by atoms with van der Waals surface area (Å²) in [4.78, 5) is 0. The Labute approximate surface area is 237 Å². The fourth-order valence-corrected chi connectivity index (χ4v) is 4.40. The van der Waals surface area contributed by atoms with E-state index in [0.717, 1.165) is 12.8 Å². The Morgan fingerprint density at radius 2 is 1.24 bits per heavy atom. The monoisotopic (exact) mass is 580 g/mol. The third-order valence-corrected chi connectivity index (χ3v) is 20.2. The second kappa shape index (κ2) is 14.5. The van der Waals surface area contributed by atoms with Crippen LogP contribution in [0.1, 0.15) is 50.3 Å². The van der Waals surface area contributed by atoms with Crippen molar-refractivity contribution in [2.24, 2.45) is 0 Å². The van der Waals surface area contributed by atoms with Crippen molar-refractivity contribution in [3.05, 3.63) is 108 Å². The predicted molar refractivity (Wildman–Crippen MR) is 167 cm³/mol. The van der Waals surface area contributed by atoms with Crippen LogP contribution in [0.25, 0.3) is 32.7 Å². The molecule has 0 aliphatic heterocycles. The van der Waals surface area contributed by atoms with Gasteiger partial charge in [-0.05, 0) is 24.3 Å². The third kappa shape index (κ3) is 8.19. The van der Waals surface area contributed by atoms with Crippen LogP contribution in [0, 0.1) is 0 Å². The summed E-state index contributed by atoms with van der Waals surface area (Å²) in [6, 6.07) is 33.0. The number of fused-ring (bicyclic) bond motifs is 2. The summed E-state index contributed by atoms with van der Waals surface area (Å²) in [5.74, 6) is 0.616. The second-order valence-corrected chi connectivity index (χ2v) is 26.0. The van der Waals surface area contributed by atoms with Crippen LogP contribution in [0.4, 0.5) is 0 Å². The first kappa shape index (κ1) is 29.9. The van der Waals surface area contributed by atoms with Gasteiger partial charge in [-0.25, -0.2) is 0 Å². The van der Waals surface area contributed by atoms with E-state index in [4.69, 9.17) is 18.6 Å². The molecule has 0 bridgehead atoms. The van der Waals surface area contributed by atoms with Crippen LogP contribution >= 0.6 is 18.6 Å². The van der Waals surface area contributed by atoms with Gasteiger partial charge in [0.05, 0.1) is 0 Å². The number of halogens is 2. The van der Waals surface area contributed by atoms with Gasteiger partial charge >= 0.3 is 52.4 Å². The van der Waals surface area contributed by atoms with E-state index < -0.39 is 14.5 Å². The Bertz CT molecular complexity index is 1440. The van der Waals surface area contributed by atoms with Gasteiger partial charge in [0.25, 0.3) is 0 Å². The van der Waals surface area contributed by atoms with E-state index in [1.54, 1.807) is 0 Å². The van der Waals surface area contributed by atoms with Crippen LogP contribution in [-0.4, -0.2) is 6.19 Å². The molecule has 0 atom stereocenters. The van der Waals surface area contributed by atoms with E-state index in [0.29, 0.717) is 5.92 Å². The molecule has 0 saturated carbocycles. The van der Waals surface area contributed by atoms with E-state index in [-0.39, 0.29) is 6.19 Å². The molecule has 0 saturated heterocycles. The first-order valence-electron chi connectivity index (χ1n) is 13.2. The predicted octanol–water partition coefficient (Wildman–Crippen LogP) is 11.2. The average Bonchev–Trinajstić information content (AvgIpc) is 3.53. The molecule has 4 heteroatoms. The molecule has 0 spiro atoms. The molecule has 5 aromatic carbocycles. The van der Waals surface area contributed by atoms with E-state index in [9.17, 15) is 0 Å². The summed E-state index contributed by atoms with van der Waals surface area (Å²) >= 11 is -1.42. The molecule has 0 nitrogen and oxygen atoms in total. The van der Waals surface area contributed by atoms with Crippen molar-refractivity contribution >= 4 is 46.3 Å². The summed E-state index contributed by atoms with van der Waals surface area (Å²) in [6.07, 6.45) is 1.98. The maximum atomic E-state index is 5.59. The first-order chi connectivity index (χ1) is 17.7. The van der Waals surface area contributed by atoms with Gasteiger partial charge in [0.1, 0.15) is 0 Å². The van der Waals surface area contributed by atoms with Gasteiger partial charge in [-0.3, -0.25) is 0 Å². The van der Waals surface area contributed by atoms with Crippen LogP contribution in [-0.2, 0) is 27.3 Å². The Balaban J connectivity index is 0.000000172. The van der Waals surface area contributed by atoms with Crippen molar-refractivity contribution < 1.29 is 14.5 Å². The molecule has 0 fully saturated rings. The topological polar surface area (TPSA) is 0 Å². The van der Waals surface area contributed by atoms with Crippen LogP contribution in [0.3, 0.4) is 0 Å². The molecule has 0 unspecified atom stereocenters. The number of hydrogen-bond donors (Lipinski definition) is 0. The zero-order chi connectivity index (χ0) is 26.9. The van der Waals surface area contributed by atoms with Gasteiger partial charge in [-0.2, -0.15) is 12.1 Å². The molecule has 0 aliphatic carbocycles. The summed E-state index contributed by atoms with van der Waals surface area (Å²) in [5, 5.41) is 5.56. The molecule has 0 aliphatic rings. The van der Waals surface area contributed by atoms with Crippen LogP contribution in [0.2, 0.25) is 13.1 Å². The summed E-state index contributed by atoms with van der Waals surface area (Å²) < 4.78 is 0. The van der Waals surface area contributed by atoms with Crippen molar-refractivity contribution in [2.75, 3.05) is 0 Å². The Hall–Kier alpha value is -1.61. The SMILES string of the molecule is CCc1cc2c(-c3ccccc3)cccc2[cH-]1.CCc1cc2c(C(C)C)cccc2[cH-]1.C[Si](C)=[Ti]([Cl])[Cl]. The van der Waals surface area contributed by atoms with Crippen LogP contribution in [0.15, 0.2) is 91.0 Å². The molecular weight excluding hydrogens is 543 g/mol. The van der Waals surface area contributed by atoms with Gasteiger partial charge in [0.15, 0.2) is 0 Å². The second-order valence-electron chi connectivity index (χ2n) is 9.87. The van der Waals surface area contributed by atoms with E-state index in [2.05, 4.69) is 132 Å². The molecule has 0 heterocycles. The van der Waals surface area contributed by atoms with E-state index in [1.165, 1.54) is 49.4 Å². The quantitative estimate of drug-likeness (QED) is 0.146. The Morgan fingerprint density at radius 1 is 0.730 bits per heavy atom. The number of aryl methyl sites for hydroxylation is 2. The molecule has 0 radical (unpaired) electrons. The standard InChI is InChI=1S/C17H15.C14H17.C2H6Si.2ClH.Ti/c1-2-13-11-15-9-6-10-16(17(15)12-13)14-7-4-3-5-8-14;1-4-11-8-12-6-5-7-13(10(2)3)14(12)9-11;1-3-2;;;/h3-12H,2H2,1H3;5-10H,4H2,1-3H3;1-2H3;2*1H;/q2*-1;;;;+2/p-2. The minimum absolute atomic E-state index is 0.254. The van der Waals surface area contributed by atoms with E-state index in [1.807, 2.05) is 0 Å². The van der Waals surface area contributed by atoms with Crippen molar-refractivity contribution in [3.8, 4) is 11.1 Å². The molecule has 5 aromatic rings. The molecule has 194 valence electrons. The molecule has 37 heavy (non-hydrogen) atoms. The molecular formula is C33H38Cl2SiTi-2. The fraction of sp³-hybridized carbons (Fsp3) is 0.273. The number of rotatable bonds is 4. The Kier molecular flexibility index (Phi) is 11.7. The molecule has 0 N–H and O–H groups in total. The molecule has 0 amide bonds. The maximum absolute atomic E-state index is 5.59. The average molecular weight is 582 g/mol. The minimum atomic E-state index is -1.42. The molecule has 0 aromatic heterocycles. The van der Waals surface area contributed by atoms with Gasteiger partial charge in [0, 0.05) is 0 Å². The third-order valence-electron chi connectivity index (χ3n) is 6.56. The summed E-state index contributed by atoms with van der Waals surface area (Å²) in [5.41, 5.74) is 6.98. The summed E-state index contributed by atoms with van der Waals surface area (Å²) in [6.45, 7) is 13.2. The zero-order valence-electron chi connectivity index (χ0n) is 22.9. The number of hydrogen-bond acceptors (Lipinski definition) is 0. The van der Waals surface area contributed by atoms with Gasteiger partial charge < -0.3 is 0 Å². The van der Waals surface area contributed by atoms with Gasteiger partial charge in [-0.1, -0.05) is 81.3 Å². The van der Waals surface area contributed by atoms with Crippen molar-refractivity contribution in [2.45, 2.75) is 59.5 Å². The van der Waals surface area contributed by atoms with Crippen LogP contribution in [0.5, 0.6) is 0 Å². The van der Waals surface area contributed by atoms with Crippen molar-refractivity contribution in [1.82, 2.24) is 0 Å². The van der Waals surface area contributed by atoms with E-state index >= 15 is 0 Å². The normalized spacial score (nSPS) is 10.6. The van der Waals surface area contributed by atoms with Crippen LogP contribution < -0.4 is 0 Å². The fourth-order valence-electron chi connectivity index (χ4n) is 4.40. The first-order valence-corrected chi connectivity index (χ1v) is 22.3. The van der Waals surface area contributed by atoms with Gasteiger partial charge in [-0.15, -0.1) is 69.1 Å². The summed E-state index contributed by atoms with van der Waals surface area (Å²) in [7, 11) is 11.2. The number of benzene rings is 3. The van der Waals surface area contributed by atoms with Crippen molar-refractivity contribution in [3.63, 3.8) is 0 Å². The zero-order valence-corrected chi connectivity index (χ0v) is 27.0. The Morgan fingerprint density at radius 3 is 1.76 bits per heavy atom.